The molecular formula is C12H18O. The number of allylic oxidation sites excluding steroid dienone is 2. The van der Waals surface area contributed by atoms with Crippen LogP contribution >= 0.6 is 0 Å². The van der Waals surface area contributed by atoms with Gasteiger partial charge in [-0.1, -0.05) is 18.4 Å². The van der Waals surface area contributed by atoms with Crippen LogP contribution in [0.25, 0.3) is 0 Å². The minimum Gasteiger partial charge on any atom is -0.295 e. The highest BCUT2D eigenvalue weighted by molar-refractivity contribution is 5.96. The molecule has 1 heteroatoms. The molecule has 72 valence electrons. The van der Waals surface area contributed by atoms with Gasteiger partial charge >= 0.3 is 0 Å². The molecule has 0 amide bonds. The minimum atomic E-state index is 0.461. The zero-order valence-electron chi connectivity index (χ0n) is 8.27. The Morgan fingerprint density at radius 1 is 0.692 bits per heavy atom. The third kappa shape index (κ3) is 2.01. The topological polar surface area (TPSA) is 17.1 Å². The largest absolute Gasteiger partial charge is 0.295 e. The van der Waals surface area contributed by atoms with E-state index in [1.54, 1.807) is 0 Å². The zero-order valence-corrected chi connectivity index (χ0v) is 8.27. The Labute approximate surface area is 80.2 Å². The SMILES string of the molecule is O=C1CCCC2=C1CCCCCC2. The number of rotatable bonds is 0. The number of hydrogen-bond donors (Lipinski definition) is 0. The average Bonchev–Trinajstić information content (AvgIpc) is 2.07. The second kappa shape index (κ2) is 4.08. The van der Waals surface area contributed by atoms with E-state index >= 15 is 0 Å². The van der Waals surface area contributed by atoms with Gasteiger partial charge in [-0.3, -0.25) is 4.79 Å². The van der Waals surface area contributed by atoms with E-state index in [2.05, 4.69) is 0 Å². The van der Waals surface area contributed by atoms with Crippen molar-refractivity contribution in [2.24, 2.45) is 0 Å². The summed E-state index contributed by atoms with van der Waals surface area (Å²) in [4.78, 5) is 11.6. The summed E-state index contributed by atoms with van der Waals surface area (Å²) in [6.45, 7) is 0. The Kier molecular flexibility index (Phi) is 2.82. The van der Waals surface area contributed by atoms with Crippen molar-refractivity contribution in [2.45, 2.75) is 57.8 Å². The van der Waals surface area contributed by atoms with Crippen LogP contribution in [0.1, 0.15) is 57.8 Å². The van der Waals surface area contributed by atoms with Gasteiger partial charge in [0.2, 0.25) is 0 Å². The second-order valence-corrected chi connectivity index (χ2v) is 4.27. The lowest BCUT2D eigenvalue weighted by Gasteiger charge is -2.21. The van der Waals surface area contributed by atoms with E-state index in [0.29, 0.717) is 5.78 Å². The molecule has 0 saturated heterocycles. The molecule has 0 aromatic heterocycles. The van der Waals surface area contributed by atoms with Crippen molar-refractivity contribution < 1.29 is 4.79 Å². The van der Waals surface area contributed by atoms with Crippen LogP contribution in [0.15, 0.2) is 11.1 Å². The van der Waals surface area contributed by atoms with Crippen LogP contribution in [0.4, 0.5) is 0 Å². The van der Waals surface area contributed by atoms with Crippen LogP contribution < -0.4 is 0 Å². The number of carbonyl (C=O) groups excluding carboxylic acids is 1. The zero-order chi connectivity index (χ0) is 9.10. The molecule has 0 bridgehead atoms. The fraction of sp³-hybridized carbons (Fsp3) is 0.750. The maximum absolute atomic E-state index is 11.6. The predicted octanol–water partition coefficient (Wildman–Crippen LogP) is 3.39. The van der Waals surface area contributed by atoms with Crippen molar-refractivity contribution in [2.75, 3.05) is 0 Å². The highest BCUT2D eigenvalue weighted by Crippen LogP contribution is 2.31. The van der Waals surface area contributed by atoms with Crippen molar-refractivity contribution in [3.8, 4) is 0 Å². The van der Waals surface area contributed by atoms with Crippen LogP contribution in [-0.2, 0) is 4.79 Å². The van der Waals surface area contributed by atoms with Gasteiger partial charge in [-0.15, -0.1) is 0 Å². The summed E-state index contributed by atoms with van der Waals surface area (Å²) >= 11 is 0. The van der Waals surface area contributed by atoms with Crippen LogP contribution in [0.3, 0.4) is 0 Å². The van der Waals surface area contributed by atoms with Crippen molar-refractivity contribution in [1.29, 1.82) is 0 Å². The molecule has 0 heterocycles. The quantitative estimate of drug-likeness (QED) is 0.555. The van der Waals surface area contributed by atoms with Crippen molar-refractivity contribution in [3.63, 3.8) is 0 Å². The molecule has 2 rings (SSSR count). The number of ketones is 1. The van der Waals surface area contributed by atoms with Crippen LogP contribution in [0.2, 0.25) is 0 Å². The molecule has 0 aliphatic heterocycles. The van der Waals surface area contributed by atoms with Crippen LogP contribution in [0.5, 0.6) is 0 Å². The second-order valence-electron chi connectivity index (χ2n) is 4.27. The Bertz CT molecular complexity index is 238. The smallest absolute Gasteiger partial charge is 0.158 e. The molecule has 0 radical (unpaired) electrons. The van der Waals surface area contributed by atoms with Gasteiger partial charge in [-0.25, -0.2) is 0 Å². The summed E-state index contributed by atoms with van der Waals surface area (Å²) in [5, 5.41) is 0. The first-order chi connectivity index (χ1) is 6.38. The fourth-order valence-corrected chi connectivity index (χ4v) is 2.55. The minimum absolute atomic E-state index is 0.461. The Balaban J connectivity index is 2.18. The highest BCUT2D eigenvalue weighted by atomic mass is 16.1. The van der Waals surface area contributed by atoms with Gasteiger partial charge in [-0.05, 0) is 44.1 Å². The molecule has 0 unspecified atom stereocenters. The Morgan fingerprint density at radius 2 is 1.38 bits per heavy atom. The summed E-state index contributed by atoms with van der Waals surface area (Å²) in [5.41, 5.74) is 2.74. The normalized spacial score (nSPS) is 25.1. The molecule has 0 aromatic carbocycles. The average molecular weight is 178 g/mol. The lowest BCUT2D eigenvalue weighted by atomic mass is 9.83. The maximum atomic E-state index is 11.6. The first-order valence-electron chi connectivity index (χ1n) is 5.62. The summed E-state index contributed by atoms with van der Waals surface area (Å²) in [7, 11) is 0. The number of hydrogen-bond acceptors (Lipinski definition) is 1. The molecule has 0 aromatic rings. The summed E-state index contributed by atoms with van der Waals surface area (Å²) in [5.74, 6) is 0.461. The Hall–Kier alpha value is -0.590. The van der Waals surface area contributed by atoms with Gasteiger partial charge in [0, 0.05) is 6.42 Å². The summed E-state index contributed by atoms with van der Waals surface area (Å²) < 4.78 is 0. The fourth-order valence-electron chi connectivity index (χ4n) is 2.55. The van der Waals surface area contributed by atoms with E-state index in [0.717, 1.165) is 19.3 Å². The van der Waals surface area contributed by atoms with Crippen molar-refractivity contribution >= 4 is 5.78 Å². The monoisotopic (exact) mass is 178 g/mol. The van der Waals surface area contributed by atoms with Crippen molar-refractivity contribution in [3.05, 3.63) is 11.1 Å². The number of Topliss-reactive ketones (excluding diaryl/α,β-unsaturated/α-hetero) is 1. The first kappa shape index (κ1) is 8.98. The molecule has 0 N–H and O–H groups in total. The molecular weight excluding hydrogens is 160 g/mol. The first-order valence-corrected chi connectivity index (χ1v) is 5.62. The standard InChI is InChI=1S/C12H18O/c13-12-9-5-7-10-6-3-1-2-4-8-11(10)12/h1-9H2. The molecule has 0 atom stereocenters. The molecule has 1 nitrogen and oxygen atoms in total. The van der Waals surface area contributed by atoms with E-state index in [1.165, 1.54) is 49.7 Å². The lowest BCUT2D eigenvalue weighted by molar-refractivity contribution is -0.116. The third-order valence-electron chi connectivity index (χ3n) is 3.30. The van der Waals surface area contributed by atoms with Gasteiger partial charge in [0.1, 0.15) is 0 Å². The van der Waals surface area contributed by atoms with E-state index in [-0.39, 0.29) is 0 Å². The van der Waals surface area contributed by atoms with Crippen LogP contribution in [-0.4, -0.2) is 5.78 Å². The van der Waals surface area contributed by atoms with Gasteiger partial charge < -0.3 is 0 Å². The third-order valence-corrected chi connectivity index (χ3v) is 3.30. The number of carbonyl (C=O) groups is 1. The van der Waals surface area contributed by atoms with E-state index in [9.17, 15) is 4.79 Å². The summed E-state index contributed by atoms with van der Waals surface area (Å²) in [6, 6.07) is 0. The molecule has 13 heavy (non-hydrogen) atoms. The van der Waals surface area contributed by atoms with E-state index in [4.69, 9.17) is 0 Å². The molecule has 2 aliphatic rings. The highest BCUT2D eigenvalue weighted by Gasteiger charge is 2.20. The molecule has 0 fully saturated rings. The maximum Gasteiger partial charge on any atom is 0.158 e. The van der Waals surface area contributed by atoms with Gasteiger partial charge in [0.25, 0.3) is 0 Å². The van der Waals surface area contributed by atoms with Crippen LogP contribution in [0, 0.1) is 0 Å². The van der Waals surface area contributed by atoms with Crippen molar-refractivity contribution in [1.82, 2.24) is 0 Å². The Morgan fingerprint density at radius 3 is 2.23 bits per heavy atom. The molecule has 0 saturated carbocycles. The predicted molar refractivity (Wildman–Crippen MR) is 53.6 cm³/mol. The lowest BCUT2D eigenvalue weighted by Crippen LogP contribution is -2.13. The van der Waals surface area contributed by atoms with Gasteiger partial charge in [-0.2, -0.15) is 0 Å². The summed E-state index contributed by atoms with van der Waals surface area (Å²) in [6.07, 6.45) is 10.7. The van der Waals surface area contributed by atoms with Gasteiger partial charge in [0.15, 0.2) is 5.78 Å². The van der Waals surface area contributed by atoms with E-state index in [1.807, 2.05) is 0 Å². The van der Waals surface area contributed by atoms with Gasteiger partial charge in [0.05, 0.1) is 0 Å². The molecule has 0 spiro atoms. The molecule has 2 aliphatic carbocycles. The van der Waals surface area contributed by atoms with E-state index < -0.39 is 0 Å².